The van der Waals surface area contributed by atoms with Crippen molar-refractivity contribution < 1.29 is 19.4 Å². The van der Waals surface area contributed by atoms with Crippen LogP contribution in [-0.4, -0.2) is 55.4 Å². The van der Waals surface area contributed by atoms with Crippen LogP contribution >= 0.6 is 27.5 Å². The van der Waals surface area contributed by atoms with Gasteiger partial charge < -0.3 is 19.5 Å². The molecule has 0 spiro atoms. The second-order valence-corrected chi connectivity index (χ2v) is 5.67. The average Bonchev–Trinajstić information content (AvgIpc) is 2.45. The molecular formula is C14H19BrClNO4. The Kier molecular flexibility index (Phi) is 8.03. The van der Waals surface area contributed by atoms with Gasteiger partial charge in [0.15, 0.2) is 6.10 Å². The lowest BCUT2D eigenvalue weighted by atomic mass is 10.3. The van der Waals surface area contributed by atoms with E-state index in [9.17, 15) is 4.79 Å². The normalized spacial score (nSPS) is 12.0. The smallest absolute Gasteiger partial charge is 0.263 e. The number of amides is 1. The van der Waals surface area contributed by atoms with Gasteiger partial charge in [-0.2, -0.15) is 0 Å². The van der Waals surface area contributed by atoms with Crippen LogP contribution in [-0.2, 0) is 9.53 Å². The monoisotopic (exact) mass is 379 g/mol. The van der Waals surface area contributed by atoms with E-state index in [0.29, 0.717) is 28.4 Å². The molecule has 0 saturated heterocycles. The van der Waals surface area contributed by atoms with Gasteiger partial charge in [0.2, 0.25) is 0 Å². The van der Waals surface area contributed by atoms with Gasteiger partial charge in [0, 0.05) is 25.2 Å². The van der Waals surface area contributed by atoms with Crippen molar-refractivity contribution in [3.05, 3.63) is 27.7 Å². The quantitative estimate of drug-likeness (QED) is 0.752. The summed E-state index contributed by atoms with van der Waals surface area (Å²) in [7, 11) is 1.56. The molecule has 0 saturated carbocycles. The Morgan fingerprint density at radius 1 is 1.48 bits per heavy atom. The predicted molar refractivity (Wildman–Crippen MR) is 84.8 cm³/mol. The van der Waals surface area contributed by atoms with Crippen LogP contribution in [0.15, 0.2) is 22.7 Å². The van der Waals surface area contributed by atoms with E-state index in [0.717, 1.165) is 0 Å². The summed E-state index contributed by atoms with van der Waals surface area (Å²) in [4.78, 5) is 13.8. The largest absolute Gasteiger partial charge is 0.480 e. The van der Waals surface area contributed by atoms with Crippen LogP contribution in [0, 0.1) is 0 Å². The van der Waals surface area contributed by atoms with Crippen molar-refractivity contribution >= 4 is 33.4 Å². The van der Waals surface area contributed by atoms with Gasteiger partial charge in [-0.15, -0.1) is 0 Å². The first-order chi connectivity index (χ1) is 9.99. The lowest BCUT2D eigenvalue weighted by Gasteiger charge is -2.25. The van der Waals surface area contributed by atoms with E-state index in [-0.39, 0.29) is 19.1 Å². The molecule has 1 unspecified atom stereocenters. The Morgan fingerprint density at radius 3 is 2.76 bits per heavy atom. The molecule has 0 aliphatic heterocycles. The molecule has 1 amide bonds. The van der Waals surface area contributed by atoms with Gasteiger partial charge >= 0.3 is 0 Å². The Hall–Kier alpha value is -0.820. The molecule has 0 bridgehead atoms. The van der Waals surface area contributed by atoms with Gasteiger partial charge in [-0.1, -0.05) is 11.6 Å². The highest BCUT2D eigenvalue weighted by Crippen LogP contribution is 2.28. The molecule has 0 radical (unpaired) electrons. The number of rotatable bonds is 8. The molecule has 1 rings (SSSR count). The maximum atomic E-state index is 12.3. The van der Waals surface area contributed by atoms with Crippen LogP contribution in [0.4, 0.5) is 0 Å². The molecule has 118 valence electrons. The number of carbonyl (C=O) groups is 1. The minimum atomic E-state index is -0.675. The van der Waals surface area contributed by atoms with Crippen LogP contribution in [0.5, 0.6) is 5.75 Å². The topological polar surface area (TPSA) is 59.0 Å². The molecule has 21 heavy (non-hydrogen) atoms. The van der Waals surface area contributed by atoms with Crippen LogP contribution in [0.1, 0.15) is 6.92 Å². The standard InChI is InChI=1S/C14H19BrClNO4/c1-10(14(19)17(5-7-18)6-8-20-2)21-13-4-3-11(16)9-12(13)15/h3-4,9-10,18H,5-8H2,1-2H3. The number of nitrogens with zero attached hydrogens (tertiary/aromatic N) is 1. The third kappa shape index (κ3) is 5.82. The minimum absolute atomic E-state index is 0.104. The second kappa shape index (κ2) is 9.25. The van der Waals surface area contributed by atoms with E-state index < -0.39 is 6.10 Å². The SMILES string of the molecule is COCCN(CCO)C(=O)C(C)Oc1ccc(Cl)cc1Br. The van der Waals surface area contributed by atoms with Crippen molar-refractivity contribution in [2.24, 2.45) is 0 Å². The number of aliphatic hydroxyl groups excluding tert-OH is 1. The number of hydrogen-bond acceptors (Lipinski definition) is 4. The van der Waals surface area contributed by atoms with Crippen molar-refractivity contribution in [2.75, 3.05) is 33.4 Å². The first-order valence-corrected chi connectivity index (χ1v) is 7.67. The van der Waals surface area contributed by atoms with Crippen molar-refractivity contribution in [2.45, 2.75) is 13.0 Å². The summed E-state index contributed by atoms with van der Waals surface area (Å²) in [6.07, 6.45) is -0.675. The first-order valence-electron chi connectivity index (χ1n) is 6.50. The minimum Gasteiger partial charge on any atom is -0.480 e. The molecule has 1 N–H and O–H groups in total. The van der Waals surface area contributed by atoms with Gasteiger partial charge in [-0.25, -0.2) is 0 Å². The van der Waals surface area contributed by atoms with Crippen LogP contribution in [0.25, 0.3) is 0 Å². The highest BCUT2D eigenvalue weighted by Gasteiger charge is 2.22. The molecule has 5 nitrogen and oxygen atoms in total. The van der Waals surface area contributed by atoms with E-state index in [1.54, 1.807) is 32.2 Å². The highest BCUT2D eigenvalue weighted by atomic mass is 79.9. The summed E-state index contributed by atoms with van der Waals surface area (Å²) < 4.78 is 11.3. The zero-order chi connectivity index (χ0) is 15.8. The molecule has 1 aromatic carbocycles. The number of hydrogen-bond donors (Lipinski definition) is 1. The van der Waals surface area contributed by atoms with Gasteiger partial charge in [-0.05, 0) is 41.1 Å². The number of methoxy groups -OCH3 is 1. The lowest BCUT2D eigenvalue weighted by Crippen LogP contribution is -2.43. The molecule has 1 atom stereocenters. The Labute approximate surface area is 137 Å². The zero-order valence-electron chi connectivity index (χ0n) is 12.0. The number of carbonyl (C=O) groups excluding carboxylic acids is 1. The van der Waals surface area contributed by atoms with E-state index in [1.807, 2.05) is 0 Å². The van der Waals surface area contributed by atoms with Gasteiger partial charge in [0.25, 0.3) is 5.91 Å². The Morgan fingerprint density at radius 2 is 2.19 bits per heavy atom. The summed E-state index contributed by atoms with van der Waals surface area (Å²) in [6, 6.07) is 5.08. The van der Waals surface area contributed by atoms with Crippen LogP contribution < -0.4 is 4.74 Å². The summed E-state index contributed by atoms with van der Waals surface area (Å²) in [5.41, 5.74) is 0. The number of halogens is 2. The zero-order valence-corrected chi connectivity index (χ0v) is 14.4. The van der Waals surface area contributed by atoms with E-state index >= 15 is 0 Å². The van der Waals surface area contributed by atoms with Gasteiger partial charge in [0.1, 0.15) is 5.75 Å². The average molecular weight is 381 g/mol. The van der Waals surface area contributed by atoms with Crippen molar-refractivity contribution in [1.82, 2.24) is 4.90 Å². The maximum absolute atomic E-state index is 12.3. The molecule has 0 heterocycles. The fraction of sp³-hybridized carbons (Fsp3) is 0.500. The summed E-state index contributed by atoms with van der Waals surface area (Å²) >= 11 is 9.20. The molecular weight excluding hydrogens is 362 g/mol. The Bertz CT molecular complexity index is 472. The van der Waals surface area contributed by atoms with E-state index in [2.05, 4.69) is 15.9 Å². The van der Waals surface area contributed by atoms with Crippen molar-refractivity contribution in [3.8, 4) is 5.75 Å². The van der Waals surface area contributed by atoms with Crippen LogP contribution in [0.3, 0.4) is 0 Å². The second-order valence-electron chi connectivity index (χ2n) is 4.38. The maximum Gasteiger partial charge on any atom is 0.263 e. The van der Waals surface area contributed by atoms with Crippen molar-refractivity contribution in [3.63, 3.8) is 0 Å². The molecule has 0 aliphatic rings. The van der Waals surface area contributed by atoms with E-state index in [1.165, 1.54) is 4.90 Å². The summed E-state index contributed by atoms with van der Waals surface area (Å²) in [5.74, 6) is 0.332. The van der Waals surface area contributed by atoms with E-state index in [4.69, 9.17) is 26.2 Å². The van der Waals surface area contributed by atoms with Gasteiger partial charge in [-0.3, -0.25) is 4.79 Å². The molecule has 0 aromatic heterocycles. The molecule has 1 aromatic rings. The van der Waals surface area contributed by atoms with Crippen molar-refractivity contribution in [1.29, 1.82) is 0 Å². The Balaban J connectivity index is 2.71. The summed E-state index contributed by atoms with van der Waals surface area (Å²) in [6.45, 7) is 2.62. The summed E-state index contributed by atoms with van der Waals surface area (Å²) in [5, 5.41) is 9.61. The van der Waals surface area contributed by atoms with Crippen LogP contribution in [0.2, 0.25) is 5.02 Å². The fourth-order valence-corrected chi connectivity index (χ4v) is 2.50. The number of aliphatic hydroxyl groups is 1. The molecule has 7 heteroatoms. The number of benzene rings is 1. The fourth-order valence-electron chi connectivity index (χ4n) is 1.72. The molecule has 0 fully saturated rings. The molecule has 0 aliphatic carbocycles. The highest BCUT2D eigenvalue weighted by molar-refractivity contribution is 9.10. The first kappa shape index (κ1) is 18.2. The predicted octanol–water partition coefficient (Wildman–Crippen LogP) is 2.34. The third-order valence-electron chi connectivity index (χ3n) is 2.79. The van der Waals surface area contributed by atoms with Gasteiger partial charge in [0.05, 0.1) is 17.7 Å². The third-order valence-corrected chi connectivity index (χ3v) is 3.65. The lowest BCUT2D eigenvalue weighted by molar-refractivity contribution is -0.139. The number of ether oxygens (including phenoxy) is 2.